The summed E-state index contributed by atoms with van der Waals surface area (Å²) in [5.74, 6) is 0. The van der Waals surface area contributed by atoms with E-state index in [1.165, 1.54) is 25.0 Å². The molecule has 1 aliphatic rings. The summed E-state index contributed by atoms with van der Waals surface area (Å²) in [7, 11) is -3.63. The molecule has 0 bridgehead atoms. The fraction of sp³-hybridized carbons (Fsp3) is 0.357. The van der Waals surface area contributed by atoms with Gasteiger partial charge in [-0.25, -0.2) is 18.5 Å². The van der Waals surface area contributed by atoms with Crippen LogP contribution in [0.5, 0.6) is 0 Å². The van der Waals surface area contributed by atoms with E-state index in [0.29, 0.717) is 12.6 Å². The van der Waals surface area contributed by atoms with Crippen LogP contribution in [0.2, 0.25) is 0 Å². The highest BCUT2D eigenvalue weighted by molar-refractivity contribution is 7.89. The molecule has 1 aromatic heterocycles. The Balaban J connectivity index is 1.69. The van der Waals surface area contributed by atoms with Crippen molar-refractivity contribution in [3.8, 4) is 0 Å². The number of nitrogens with zero attached hydrogens (tertiary/aromatic N) is 2. The summed E-state index contributed by atoms with van der Waals surface area (Å²) in [4.78, 5) is 4.31. The first-order chi connectivity index (χ1) is 10.0. The van der Waals surface area contributed by atoms with Gasteiger partial charge in [0, 0.05) is 25.3 Å². The van der Waals surface area contributed by atoms with E-state index in [0.717, 1.165) is 17.8 Å². The minimum Gasteiger partial charge on any atom is -0.329 e. The molecular weight excluding hydrogens is 288 g/mol. The lowest BCUT2D eigenvalue weighted by atomic mass is 10.2. The molecule has 1 heterocycles. The summed E-state index contributed by atoms with van der Waals surface area (Å²) in [5, 5.41) is 8.55. The van der Waals surface area contributed by atoms with Crippen LogP contribution in [-0.4, -0.2) is 24.0 Å². The highest BCUT2D eigenvalue weighted by Crippen LogP contribution is 2.19. The van der Waals surface area contributed by atoms with E-state index in [1.807, 2.05) is 6.20 Å². The summed E-state index contributed by atoms with van der Waals surface area (Å²) in [6.45, 7) is 1.46. The molecule has 1 fully saturated rings. The number of nitrogens with one attached hydrogen (secondary N) is 1. The predicted octanol–water partition coefficient (Wildman–Crippen LogP) is 0.831. The van der Waals surface area contributed by atoms with Gasteiger partial charge in [-0.3, -0.25) is 0 Å². The number of hydrogen-bond donors (Lipinski definition) is 2. The van der Waals surface area contributed by atoms with Gasteiger partial charge in [-0.2, -0.15) is 0 Å². The van der Waals surface area contributed by atoms with E-state index >= 15 is 0 Å². The Morgan fingerprint density at radius 2 is 2.00 bits per heavy atom. The van der Waals surface area contributed by atoms with Gasteiger partial charge in [0.2, 0.25) is 10.0 Å². The Morgan fingerprint density at radius 1 is 1.29 bits per heavy atom. The quantitative estimate of drug-likeness (QED) is 0.827. The summed E-state index contributed by atoms with van der Waals surface area (Å²) in [6, 6.07) is 7.27. The molecule has 0 unspecified atom stereocenters. The molecule has 0 radical (unpaired) electrons. The topological polar surface area (TPSA) is 90.0 Å². The third-order valence-corrected chi connectivity index (χ3v) is 4.48. The fourth-order valence-electron chi connectivity index (χ4n) is 2.16. The van der Waals surface area contributed by atoms with Gasteiger partial charge in [0.25, 0.3) is 0 Å². The number of aromatic nitrogens is 2. The number of nitrogens with two attached hydrogens (primary N) is 1. The molecule has 0 saturated heterocycles. The Hall–Kier alpha value is -1.70. The summed E-state index contributed by atoms with van der Waals surface area (Å²) >= 11 is 0. The second-order valence-corrected chi connectivity index (χ2v) is 6.92. The highest BCUT2D eigenvalue weighted by atomic mass is 32.2. The van der Waals surface area contributed by atoms with Crippen molar-refractivity contribution < 1.29 is 8.42 Å². The number of benzene rings is 1. The summed E-state index contributed by atoms with van der Waals surface area (Å²) in [6.07, 6.45) is 6.15. The van der Waals surface area contributed by atoms with Crippen LogP contribution in [0.1, 0.15) is 24.1 Å². The van der Waals surface area contributed by atoms with Crippen LogP contribution in [0.4, 0.5) is 0 Å². The lowest BCUT2D eigenvalue weighted by Gasteiger charge is -2.09. The van der Waals surface area contributed by atoms with Crippen molar-refractivity contribution in [1.82, 2.24) is 14.9 Å². The Bertz CT molecular complexity index is 718. The van der Waals surface area contributed by atoms with Crippen molar-refractivity contribution in [3.63, 3.8) is 0 Å². The van der Waals surface area contributed by atoms with E-state index in [9.17, 15) is 8.42 Å². The molecule has 1 saturated carbocycles. The molecule has 6 nitrogen and oxygen atoms in total. The van der Waals surface area contributed by atoms with E-state index in [1.54, 1.807) is 18.5 Å². The average Bonchev–Trinajstić information content (AvgIpc) is 3.17. The van der Waals surface area contributed by atoms with Crippen LogP contribution in [0.15, 0.2) is 41.7 Å². The van der Waals surface area contributed by atoms with Gasteiger partial charge in [0.05, 0.1) is 16.9 Å². The van der Waals surface area contributed by atoms with Crippen molar-refractivity contribution in [1.29, 1.82) is 0 Å². The highest BCUT2D eigenvalue weighted by Gasteiger charge is 2.20. The van der Waals surface area contributed by atoms with E-state index < -0.39 is 10.0 Å². The van der Waals surface area contributed by atoms with Gasteiger partial charge in [-0.15, -0.1) is 0 Å². The van der Waals surface area contributed by atoms with E-state index in [4.69, 9.17) is 5.14 Å². The molecule has 0 aliphatic heterocycles. The molecular formula is C14H18N4O2S. The first-order valence-electron chi connectivity index (χ1n) is 6.86. The molecule has 21 heavy (non-hydrogen) atoms. The number of hydrogen-bond acceptors (Lipinski definition) is 4. The van der Waals surface area contributed by atoms with Crippen LogP contribution >= 0.6 is 0 Å². The summed E-state index contributed by atoms with van der Waals surface area (Å²) in [5.41, 5.74) is 2.13. The molecule has 0 amide bonds. The minimum absolute atomic E-state index is 0.132. The standard InChI is InChI=1S/C14H18N4O2S/c15-21(19,20)14-5-1-11(2-6-14)9-18-10-16-7-13(18)8-17-12-3-4-12/h1-2,5-7,10,12,17H,3-4,8-9H2,(H2,15,19,20). The smallest absolute Gasteiger partial charge is 0.238 e. The lowest BCUT2D eigenvalue weighted by molar-refractivity contribution is 0.597. The molecule has 3 N–H and O–H groups in total. The van der Waals surface area contributed by atoms with Crippen molar-refractivity contribution in [2.24, 2.45) is 5.14 Å². The molecule has 7 heteroatoms. The fourth-order valence-corrected chi connectivity index (χ4v) is 2.67. The molecule has 3 rings (SSSR count). The Kier molecular flexibility index (Phi) is 3.79. The third kappa shape index (κ3) is 3.69. The molecule has 112 valence electrons. The molecule has 2 aromatic rings. The molecule has 1 aliphatic carbocycles. The average molecular weight is 306 g/mol. The van der Waals surface area contributed by atoms with Crippen molar-refractivity contribution in [3.05, 3.63) is 48.0 Å². The van der Waals surface area contributed by atoms with Gasteiger partial charge in [-0.05, 0) is 30.5 Å². The van der Waals surface area contributed by atoms with Crippen LogP contribution in [0.3, 0.4) is 0 Å². The van der Waals surface area contributed by atoms with Gasteiger partial charge in [-0.1, -0.05) is 12.1 Å². The Labute approximate surface area is 124 Å². The second-order valence-electron chi connectivity index (χ2n) is 5.36. The zero-order valence-corrected chi connectivity index (χ0v) is 12.4. The number of rotatable bonds is 6. The lowest BCUT2D eigenvalue weighted by Crippen LogP contribution is -2.18. The largest absolute Gasteiger partial charge is 0.329 e. The molecule has 1 aromatic carbocycles. The van der Waals surface area contributed by atoms with Crippen LogP contribution in [-0.2, 0) is 23.1 Å². The minimum atomic E-state index is -3.63. The van der Waals surface area contributed by atoms with Gasteiger partial charge < -0.3 is 9.88 Å². The normalized spacial score (nSPS) is 15.3. The number of imidazole rings is 1. The van der Waals surface area contributed by atoms with Gasteiger partial charge in [0.15, 0.2) is 0 Å². The van der Waals surface area contributed by atoms with E-state index in [-0.39, 0.29) is 4.90 Å². The van der Waals surface area contributed by atoms with Crippen LogP contribution in [0.25, 0.3) is 0 Å². The van der Waals surface area contributed by atoms with Crippen molar-refractivity contribution >= 4 is 10.0 Å². The third-order valence-electron chi connectivity index (χ3n) is 3.55. The Morgan fingerprint density at radius 3 is 2.62 bits per heavy atom. The second kappa shape index (κ2) is 5.59. The zero-order valence-electron chi connectivity index (χ0n) is 11.6. The van der Waals surface area contributed by atoms with E-state index in [2.05, 4.69) is 14.9 Å². The monoisotopic (exact) mass is 306 g/mol. The SMILES string of the molecule is NS(=O)(=O)c1ccc(Cn2cncc2CNC2CC2)cc1. The van der Waals surface area contributed by atoms with Crippen LogP contribution in [0, 0.1) is 0 Å². The molecule has 0 spiro atoms. The van der Waals surface area contributed by atoms with Crippen molar-refractivity contribution in [2.75, 3.05) is 0 Å². The predicted molar refractivity (Wildman–Crippen MR) is 79.0 cm³/mol. The first-order valence-corrected chi connectivity index (χ1v) is 8.41. The maximum Gasteiger partial charge on any atom is 0.238 e. The first kappa shape index (κ1) is 14.2. The van der Waals surface area contributed by atoms with Gasteiger partial charge >= 0.3 is 0 Å². The van der Waals surface area contributed by atoms with Crippen molar-refractivity contribution in [2.45, 2.75) is 36.9 Å². The summed E-state index contributed by atoms with van der Waals surface area (Å²) < 4.78 is 24.5. The number of primary sulfonamides is 1. The molecule has 0 atom stereocenters. The number of sulfonamides is 1. The maximum absolute atomic E-state index is 11.2. The zero-order chi connectivity index (χ0) is 14.9. The maximum atomic E-state index is 11.2. The van der Waals surface area contributed by atoms with Gasteiger partial charge in [0.1, 0.15) is 0 Å². The van der Waals surface area contributed by atoms with Crippen LogP contribution < -0.4 is 10.5 Å².